The summed E-state index contributed by atoms with van der Waals surface area (Å²) in [7, 11) is -3.05. The second-order valence-corrected chi connectivity index (χ2v) is 7.53. The fourth-order valence-corrected chi connectivity index (χ4v) is 4.04. The molecule has 1 heterocycles. The molecule has 0 amide bonds. The van der Waals surface area contributed by atoms with Gasteiger partial charge in [-0.25, -0.2) is 8.42 Å². The van der Waals surface area contributed by atoms with Gasteiger partial charge in [0, 0.05) is 24.5 Å². The predicted molar refractivity (Wildman–Crippen MR) is 88.8 cm³/mol. The van der Waals surface area contributed by atoms with E-state index in [0.717, 1.165) is 13.1 Å². The second kappa shape index (κ2) is 6.46. The van der Waals surface area contributed by atoms with Crippen LogP contribution in [0.2, 0.25) is 0 Å². The van der Waals surface area contributed by atoms with E-state index >= 15 is 0 Å². The molecular weight excluding hydrogens is 294 g/mol. The molecule has 3 nitrogen and oxygen atoms in total. The summed E-state index contributed by atoms with van der Waals surface area (Å²) in [4.78, 5) is 2.21. The minimum absolute atomic E-state index is 0.0644. The molecule has 114 valence electrons. The van der Waals surface area contributed by atoms with Crippen molar-refractivity contribution in [1.29, 1.82) is 0 Å². The van der Waals surface area contributed by atoms with Crippen LogP contribution in [0.4, 0.5) is 0 Å². The Hall–Kier alpha value is -1.91. The van der Waals surface area contributed by atoms with Crippen molar-refractivity contribution >= 4 is 9.84 Å². The maximum absolute atomic E-state index is 11.7. The van der Waals surface area contributed by atoms with Crippen LogP contribution in [0.25, 0.3) is 0 Å². The average Bonchev–Trinajstić information content (AvgIpc) is 2.89. The number of sulfone groups is 1. The molecule has 22 heavy (non-hydrogen) atoms. The van der Waals surface area contributed by atoms with Crippen LogP contribution in [0, 0.1) is 0 Å². The predicted octanol–water partition coefficient (Wildman–Crippen LogP) is 3.00. The van der Waals surface area contributed by atoms with Crippen LogP contribution < -0.4 is 0 Å². The summed E-state index contributed by atoms with van der Waals surface area (Å²) in [5, 5.41) is 1.35. The molecule has 2 aromatic rings. The lowest BCUT2D eigenvalue weighted by Crippen LogP contribution is -2.35. The van der Waals surface area contributed by atoms with Gasteiger partial charge in [0.25, 0.3) is 0 Å². The summed E-state index contributed by atoms with van der Waals surface area (Å²) < 4.78 is 23.5. The zero-order chi connectivity index (χ0) is 15.4. The van der Waals surface area contributed by atoms with Crippen molar-refractivity contribution in [3.8, 4) is 0 Å². The van der Waals surface area contributed by atoms with E-state index in [1.54, 1.807) is 6.08 Å². The van der Waals surface area contributed by atoms with Gasteiger partial charge in [-0.15, -0.1) is 0 Å². The first kappa shape index (κ1) is 15.0. The molecule has 1 aliphatic rings. The van der Waals surface area contributed by atoms with Gasteiger partial charge in [0.15, 0.2) is 9.84 Å². The van der Waals surface area contributed by atoms with Gasteiger partial charge in [-0.3, -0.25) is 4.90 Å². The Labute approximate surface area is 131 Å². The molecule has 1 aliphatic heterocycles. The summed E-state index contributed by atoms with van der Waals surface area (Å²) in [6.45, 7) is 1.47. The van der Waals surface area contributed by atoms with Crippen molar-refractivity contribution in [1.82, 2.24) is 4.90 Å². The highest BCUT2D eigenvalue weighted by molar-refractivity contribution is 7.94. The Kier molecular flexibility index (Phi) is 4.41. The van der Waals surface area contributed by atoms with Crippen molar-refractivity contribution in [2.24, 2.45) is 0 Å². The lowest BCUT2D eigenvalue weighted by Gasteiger charge is -2.27. The SMILES string of the molecule is O=S1(=O)C=C[C@H](N(Cc2ccccc2)Cc2ccccc2)C1. The fourth-order valence-electron chi connectivity index (χ4n) is 2.71. The summed E-state index contributed by atoms with van der Waals surface area (Å²) in [5.41, 5.74) is 2.38. The highest BCUT2D eigenvalue weighted by Gasteiger charge is 2.27. The van der Waals surface area contributed by atoms with Crippen LogP contribution in [0.5, 0.6) is 0 Å². The monoisotopic (exact) mass is 313 g/mol. The first-order valence-corrected chi connectivity index (χ1v) is 9.07. The standard InChI is InChI=1S/C18H19NO2S/c20-22(21)12-11-18(15-22)19(13-16-7-3-1-4-8-16)14-17-9-5-2-6-10-17/h1-12,18H,13-15H2/t18-/m0/s1. The van der Waals surface area contributed by atoms with E-state index in [1.807, 2.05) is 36.4 Å². The molecule has 3 rings (SSSR count). The largest absolute Gasteiger partial charge is 0.287 e. The molecule has 0 aromatic heterocycles. The van der Waals surface area contributed by atoms with Crippen LogP contribution >= 0.6 is 0 Å². The molecule has 2 aromatic carbocycles. The van der Waals surface area contributed by atoms with Gasteiger partial charge in [-0.2, -0.15) is 0 Å². The minimum Gasteiger partial charge on any atom is -0.287 e. The second-order valence-electron chi connectivity index (χ2n) is 5.60. The summed E-state index contributed by atoms with van der Waals surface area (Å²) in [6, 6.07) is 20.3. The normalized spacial score (nSPS) is 19.6. The fraction of sp³-hybridized carbons (Fsp3) is 0.222. The molecule has 4 heteroatoms. The van der Waals surface area contributed by atoms with Crippen LogP contribution in [0.1, 0.15) is 11.1 Å². The first-order valence-electron chi connectivity index (χ1n) is 7.35. The number of nitrogens with zero attached hydrogens (tertiary/aromatic N) is 1. The van der Waals surface area contributed by atoms with Crippen molar-refractivity contribution in [3.05, 3.63) is 83.3 Å². The number of hydrogen-bond acceptors (Lipinski definition) is 3. The topological polar surface area (TPSA) is 37.4 Å². The molecule has 0 bridgehead atoms. The summed E-state index contributed by atoms with van der Waals surface area (Å²) in [5.74, 6) is 0.173. The first-order chi connectivity index (χ1) is 10.6. The summed E-state index contributed by atoms with van der Waals surface area (Å²) >= 11 is 0. The van der Waals surface area contributed by atoms with Gasteiger partial charge < -0.3 is 0 Å². The van der Waals surface area contributed by atoms with Gasteiger partial charge in [-0.05, 0) is 11.1 Å². The van der Waals surface area contributed by atoms with E-state index < -0.39 is 9.84 Å². The maximum atomic E-state index is 11.7. The molecule has 1 atom stereocenters. The van der Waals surface area contributed by atoms with Crippen LogP contribution in [0.15, 0.2) is 72.1 Å². The molecule has 0 aliphatic carbocycles. The lowest BCUT2D eigenvalue weighted by atomic mass is 10.1. The van der Waals surface area contributed by atoms with Crippen molar-refractivity contribution in [3.63, 3.8) is 0 Å². The van der Waals surface area contributed by atoms with Crippen molar-refractivity contribution in [2.75, 3.05) is 5.75 Å². The molecular formula is C18H19NO2S. The van der Waals surface area contributed by atoms with Crippen LogP contribution in [-0.4, -0.2) is 25.1 Å². The van der Waals surface area contributed by atoms with Gasteiger partial charge >= 0.3 is 0 Å². The van der Waals surface area contributed by atoms with Gasteiger partial charge in [0.1, 0.15) is 0 Å². The Morgan fingerprint density at radius 2 is 1.36 bits per heavy atom. The zero-order valence-electron chi connectivity index (χ0n) is 12.3. The van der Waals surface area contributed by atoms with E-state index in [0.29, 0.717) is 0 Å². The smallest absolute Gasteiger partial charge is 0.173 e. The summed E-state index contributed by atoms with van der Waals surface area (Å²) in [6.07, 6.45) is 1.81. The van der Waals surface area contributed by atoms with E-state index in [4.69, 9.17) is 0 Å². The zero-order valence-corrected chi connectivity index (χ0v) is 13.1. The quantitative estimate of drug-likeness (QED) is 0.851. The number of hydrogen-bond donors (Lipinski definition) is 0. The van der Waals surface area contributed by atoms with Crippen LogP contribution in [-0.2, 0) is 22.9 Å². The van der Waals surface area contributed by atoms with E-state index in [1.165, 1.54) is 16.5 Å². The van der Waals surface area contributed by atoms with E-state index in [9.17, 15) is 8.42 Å². The Bertz CT molecular complexity index is 698. The third-order valence-corrected chi connectivity index (χ3v) is 5.22. The Morgan fingerprint density at radius 3 is 1.77 bits per heavy atom. The molecule has 0 unspecified atom stereocenters. The van der Waals surface area contributed by atoms with E-state index in [-0.39, 0.29) is 11.8 Å². The lowest BCUT2D eigenvalue weighted by molar-refractivity contribution is 0.226. The third kappa shape index (κ3) is 3.84. The minimum atomic E-state index is -3.05. The van der Waals surface area contributed by atoms with Crippen LogP contribution in [0.3, 0.4) is 0 Å². The molecule has 0 saturated carbocycles. The van der Waals surface area contributed by atoms with Crippen molar-refractivity contribution in [2.45, 2.75) is 19.1 Å². The average molecular weight is 313 g/mol. The number of benzene rings is 2. The molecule has 0 fully saturated rings. The molecule has 0 spiro atoms. The third-order valence-electron chi connectivity index (χ3n) is 3.84. The number of rotatable bonds is 5. The molecule has 0 N–H and O–H groups in total. The van der Waals surface area contributed by atoms with Gasteiger partial charge in [-0.1, -0.05) is 66.7 Å². The van der Waals surface area contributed by atoms with E-state index in [2.05, 4.69) is 29.2 Å². The van der Waals surface area contributed by atoms with Gasteiger partial charge in [0.05, 0.1) is 5.75 Å². The molecule has 0 saturated heterocycles. The highest BCUT2D eigenvalue weighted by Crippen LogP contribution is 2.20. The maximum Gasteiger partial charge on any atom is 0.173 e. The molecule has 0 radical (unpaired) electrons. The Balaban J connectivity index is 1.81. The highest BCUT2D eigenvalue weighted by atomic mass is 32.2. The van der Waals surface area contributed by atoms with Gasteiger partial charge in [0.2, 0.25) is 0 Å². The van der Waals surface area contributed by atoms with Crippen molar-refractivity contribution < 1.29 is 8.42 Å². The Morgan fingerprint density at radius 1 is 0.864 bits per heavy atom.